The second-order valence-electron chi connectivity index (χ2n) is 4.21. The van der Waals surface area contributed by atoms with Crippen LogP contribution in [-0.2, 0) is 6.54 Å². The molecule has 0 fully saturated rings. The van der Waals surface area contributed by atoms with Gasteiger partial charge in [-0.3, -0.25) is 4.90 Å². The number of ether oxygens (including phenoxy) is 1. The third-order valence-electron chi connectivity index (χ3n) is 2.89. The summed E-state index contributed by atoms with van der Waals surface area (Å²) in [5.41, 5.74) is 6.62. The van der Waals surface area contributed by atoms with E-state index in [4.69, 9.17) is 15.6 Å². The molecule has 0 saturated heterocycles. The summed E-state index contributed by atoms with van der Waals surface area (Å²) in [6.45, 7) is 4.11. The van der Waals surface area contributed by atoms with E-state index in [2.05, 4.69) is 4.90 Å². The number of nitrogens with two attached hydrogens (primary N) is 1. The predicted molar refractivity (Wildman–Crippen MR) is 69.0 cm³/mol. The summed E-state index contributed by atoms with van der Waals surface area (Å²) in [5, 5.41) is 8.98. The van der Waals surface area contributed by atoms with Crippen LogP contribution in [0, 0.1) is 0 Å². The number of aliphatic hydroxyl groups excluding tert-OH is 1. The molecule has 0 aliphatic carbocycles. The van der Waals surface area contributed by atoms with E-state index in [9.17, 15) is 0 Å². The van der Waals surface area contributed by atoms with Crippen LogP contribution in [0.5, 0.6) is 5.75 Å². The summed E-state index contributed by atoms with van der Waals surface area (Å²) in [7, 11) is 1.97. The zero-order valence-electron chi connectivity index (χ0n) is 10.6. The van der Waals surface area contributed by atoms with Gasteiger partial charge in [0.15, 0.2) is 0 Å². The minimum Gasteiger partial charge on any atom is -0.492 e. The van der Waals surface area contributed by atoms with Crippen molar-refractivity contribution in [2.24, 2.45) is 5.73 Å². The third-order valence-corrected chi connectivity index (χ3v) is 2.89. The minimum atomic E-state index is 0.165. The third kappa shape index (κ3) is 4.73. The summed E-state index contributed by atoms with van der Waals surface area (Å²) in [4.78, 5) is 2.06. The SMILES string of the molecule is CC(CO)N(C)CCOc1ccc(CN)cc1. The molecule has 0 aliphatic rings. The molecule has 0 saturated carbocycles. The van der Waals surface area contributed by atoms with E-state index in [-0.39, 0.29) is 12.6 Å². The highest BCUT2D eigenvalue weighted by molar-refractivity contribution is 5.27. The Morgan fingerprint density at radius 1 is 1.35 bits per heavy atom. The van der Waals surface area contributed by atoms with Crippen molar-refractivity contribution in [1.29, 1.82) is 0 Å². The van der Waals surface area contributed by atoms with Gasteiger partial charge in [0.2, 0.25) is 0 Å². The summed E-state index contributed by atoms with van der Waals surface area (Å²) < 4.78 is 5.61. The van der Waals surface area contributed by atoms with Crippen molar-refractivity contribution in [3.63, 3.8) is 0 Å². The Morgan fingerprint density at radius 3 is 2.53 bits per heavy atom. The summed E-state index contributed by atoms with van der Waals surface area (Å²) >= 11 is 0. The molecule has 0 aliphatic heterocycles. The van der Waals surface area contributed by atoms with Crippen LogP contribution in [-0.4, -0.2) is 42.9 Å². The molecule has 96 valence electrons. The van der Waals surface area contributed by atoms with Gasteiger partial charge in [-0.05, 0) is 31.7 Å². The molecule has 1 aromatic carbocycles. The van der Waals surface area contributed by atoms with Crippen molar-refractivity contribution in [3.8, 4) is 5.75 Å². The maximum absolute atomic E-state index is 8.98. The summed E-state index contributed by atoms with van der Waals surface area (Å²) in [5.74, 6) is 0.854. The van der Waals surface area contributed by atoms with Crippen LogP contribution < -0.4 is 10.5 Å². The Balaban J connectivity index is 2.30. The fraction of sp³-hybridized carbons (Fsp3) is 0.538. The molecule has 0 heterocycles. The molecule has 0 aromatic heterocycles. The van der Waals surface area contributed by atoms with Gasteiger partial charge in [0.05, 0.1) is 6.61 Å². The van der Waals surface area contributed by atoms with E-state index >= 15 is 0 Å². The predicted octanol–water partition coefficient (Wildman–Crippen LogP) is 0.837. The molecule has 1 rings (SSSR count). The van der Waals surface area contributed by atoms with Gasteiger partial charge in [0.25, 0.3) is 0 Å². The molecule has 3 N–H and O–H groups in total. The van der Waals surface area contributed by atoms with Crippen LogP contribution in [0.3, 0.4) is 0 Å². The fourth-order valence-electron chi connectivity index (χ4n) is 1.39. The summed E-state index contributed by atoms with van der Waals surface area (Å²) in [6.07, 6.45) is 0. The van der Waals surface area contributed by atoms with Crippen molar-refractivity contribution in [1.82, 2.24) is 4.90 Å². The second-order valence-corrected chi connectivity index (χ2v) is 4.21. The van der Waals surface area contributed by atoms with Gasteiger partial charge in [0, 0.05) is 19.1 Å². The van der Waals surface area contributed by atoms with Gasteiger partial charge < -0.3 is 15.6 Å². The quantitative estimate of drug-likeness (QED) is 0.739. The zero-order valence-corrected chi connectivity index (χ0v) is 10.6. The molecular formula is C13H22N2O2. The largest absolute Gasteiger partial charge is 0.492 e. The van der Waals surface area contributed by atoms with Crippen LogP contribution in [0.4, 0.5) is 0 Å². The molecule has 0 radical (unpaired) electrons. The average Bonchev–Trinajstić information content (AvgIpc) is 2.38. The van der Waals surface area contributed by atoms with E-state index < -0.39 is 0 Å². The highest BCUT2D eigenvalue weighted by Gasteiger charge is 2.06. The lowest BCUT2D eigenvalue weighted by Gasteiger charge is -2.22. The van der Waals surface area contributed by atoms with Crippen molar-refractivity contribution >= 4 is 0 Å². The maximum atomic E-state index is 8.98. The smallest absolute Gasteiger partial charge is 0.119 e. The lowest BCUT2D eigenvalue weighted by molar-refractivity contribution is 0.140. The van der Waals surface area contributed by atoms with E-state index in [1.807, 2.05) is 38.2 Å². The number of benzene rings is 1. The first-order valence-electron chi connectivity index (χ1n) is 5.90. The van der Waals surface area contributed by atoms with Gasteiger partial charge >= 0.3 is 0 Å². The first-order chi connectivity index (χ1) is 8.17. The molecule has 0 amide bonds. The van der Waals surface area contributed by atoms with Crippen molar-refractivity contribution in [2.75, 3.05) is 26.8 Å². The molecule has 17 heavy (non-hydrogen) atoms. The number of hydrogen-bond acceptors (Lipinski definition) is 4. The average molecular weight is 238 g/mol. The van der Waals surface area contributed by atoms with E-state index in [1.165, 1.54) is 0 Å². The minimum absolute atomic E-state index is 0.165. The van der Waals surface area contributed by atoms with Crippen molar-refractivity contribution < 1.29 is 9.84 Å². The molecule has 0 spiro atoms. The molecule has 1 unspecified atom stereocenters. The molecule has 4 heteroatoms. The fourth-order valence-corrected chi connectivity index (χ4v) is 1.39. The topological polar surface area (TPSA) is 58.7 Å². The number of aliphatic hydroxyl groups is 1. The van der Waals surface area contributed by atoms with E-state index in [0.717, 1.165) is 17.9 Å². The summed E-state index contributed by atoms with van der Waals surface area (Å²) in [6, 6.07) is 7.96. The van der Waals surface area contributed by atoms with E-state index in [0.29, 0.717) is 13.2 Å². The highest BCUT2D eigenvalue weighted by Crippen LogP contribution is 2.11. The molecule has 0 bridgehead atoms. The first kappa shape index (κ1) is 14.0. The normalized spacial score (nSPS) is 12.8. The zero-order chi connectivity index (χ0) is 12.7. The molecule has 1 atom stereocenters. The van der Waals surface area contributed by atoms with Crippen LogP contribution in [0.15, 0.2) is 24.3 Å². The number of rotatable bonds is 7. The van der Waals surface area contributed by atoms with Crippen LogP contribution in [0.1, 0.15) is 12.5 Å². The molecule has 4 nitrogen and oxygen atoms in total. The van der Waals surface area contributed by atoms with E-state index in [1.54, 1.807) is 0 Å². The van der Waals surface area contributed by atoms with Crippen LogP contribution in [0.2, 0.25) is 0 Å². The Morgan fingerprint density at radius 2 is 2.00 bits per heavy atom. The van der Waals surface area contributed by atoms with Crippen molar-refractivity contribution in [2.45, 2.75) is 19.5 Å². The molecule has 1 aromatic rings. The van der Waals surface area contributed by atoms with Gasteiger partial charge in [-0.2, -0.15) is 0 Å². The number of nitrogens with zero attached hydrogens (tertiary/aromatic N) is 1. The highest BCUT2D eigenvalue weighted by atomic mass is 16.5. The van der Waals surface area contributed by atoms with Gasteiger partial charge in [-0.25, -0.2) is 0 Å². The standard InChI is InChI=1S/C13H22N2O2/c1-11(10-16)15(2)7-8-17-13-5-3-12(9-14)4-6-13/h3-6,11,16H,7-10,14H2,1-2H3. The lowest BCUT2D eigenvalue weighted by Crippen LogP contribution is -2.35. The number of hydrogen-bond donors (Lipinski definition) is 2. The maximum Gasteiger partial charge on any atom is 0.119 e. The Labute approximate surface area is 103 Å². The van der Waals surface area contributed by atoms with Crippen molar-refractivity contribution in [3.05, 3.63) is 29.8 Å². The van der Waals surface area contributed by atoms with Gasteiger partial charge in [-0.1, -0.05) is 12.1 Å². The van der Waals surface area contributed by atoms with Crippen LogP contribution in [0.25, 0.3) is 0 Å². The Kier molecular flexibility index (Phi) is 5.97. The second kappa shape index (κ2) is 7.27. The Bertz CT molecular complexity index is 314. The van der Waals surface area contributed by atoms with Crippen LogP contribution >= 0.6 is 0 Å². The Hall–Kier alpha value is -1.10. The monoisotopic (exact) mass is 238 g/mol. The van der Waals surface area contributed by atoms with Gasteiger partial charge in [0.1, 0.15) is 12.4 Å². The first-order valence-corrected chi connectivity index (χ1v) is 5.90. The number of likely N-dealkylation sites (N-methyl/N-ethyl adjacent to an activating group) is 1. The van der Waals surface area contributed by atoms with Gasteiger partial charge in [-0.15, -0.1) is 0 Å². The lowest BCUT2D eigenvalue weighted by atomic mass is 10.2. The molecular weight excluding hydrogens is 216 g/mol.